The molecule has 2 atom stereocenters. The molecule has 9 heteroatoms. The molecule has 1 aromatic carbocycles. The minimum atomic E-state index is -4.46. The second-order valence-electron chi connectivity index (χ2n) is 10.4. The molecule has 3 aliphatic rings. The van der Waals surface area contributed by atoms with Gasteiger partial charge in [-0.3, -0.25) is 4.90 Å². The van der Waals surface area contributed by atoms with E-state index in [-0.39, 0.29) is 29.7 Å². The van der Waals surface area contributed by atoms with Gasteiger partial charge in [0.25, 0.3) is 0 Å². The fourth-order valence-electron chi connectivity index (χ4n) is 5.78. The van der Waals surface area contributed by atoms with E-state index in [4.69, 9.17) is 4.74 Å². The summed E-state index contributed by atoms with van der Waals surface area (Å²) in [6.07, 6.45) is -1.72. The fraction of sp³-hybridized carbons (Fsp3) is 0.538. The Balaban J connectivity index is 1.09. The first-order valence-corrected chi connectivity index (χ1v) is 12.2. The van der Waals surface area contributed by atoms with Crippen molar-refractivity contribution in [1.82, 2.24) is 14.8 Å². The minimum absolute atomic E-state index is 0.0407. The largest absolute Gasteiger partial charge is 0.446 e. The number of halogens is 3. The van der Waals surface area contributed by atoms with Gasteiger partial charge in [-0.2, -0.15) is 13.2 Å². The molecule has 2 aliphatic heterocycles. The highest BCUT2D eigenvalue weighted by Crippen LogP contribution is 2.50. The van der Waals surface area contributed by atoms with Crippen molar-refractivity contribution >= 4 is 11.8 Å². The lowest BCUT2D eigenvalue weighted by Gasteiger charge is -2.58. The zero-order chi connectivity index (χ0) is 24.8. The van der Waals surface area contributed by atoms with Crippen molar-refractivity contribution in [1.29, 1.82) is 0 Å². The van der Waals surface area contributed by atoms with Gasteiger partial charge in [0.05, 0.1) is 11.9 Å². The molecule has 1 amide bonds. The Labute approximate surface area is 203 Å². The molecule has 1 saturated carbocycles. The molecule has 1 spiro atoms. The number of carbonyl (C=O) groups excluding carboxylic acids is 1. The summed E-state index contributed by atoms with van der Waals surface area (Å²) in [7, 11) is 0. The molecular weight excluding hydrogens is 457 g/mol. The normalized spacial score (nSPS) is 24.7. The van der Waals surface area contributed by atoms with E-state index < -0.39 is 11.9 Å². The van der Waals surface area contributed by atoms with Gasteiger partial charge in [-0.25, -0.2) is 9.78 Å². The Bertz CT molecular complexity index is 1030. The van der Waals surface area contributed by atoms with Gasteiger partial charge in [-0.15, -0.1) is 0 Å². The van der Waals surface area contributed by atoms with Gasteiger partial charge >= 0.3 is 12.3 Å². The van der Waals surface area contributed by atoms with E-state index in [1.807, 2.05) is 24.8 Å². The van der Waals surface area contributed by atoms with Gasteiger partial charge in [-0.05, 0) is 44.4 Å². The van der Waals surface area contributed by atoms with Crippen molar-refractivity contribution in [2.24, 2.45) is 5.41 Å². The molecule has 0 bridgehead atoms. The van der Waals surface area contributed by atoms with Gasteiger partial charge in [-0.1, -0.05) is 30.3 Å². The highest BCUT2D eigenvalue weighted by Gasteiger charge is 2.54. The van der Waals surface area contributed by atoms with Crippen LogP contribution >= 0.6 is 0 Å². The molecule has 3 fully saturated rings. The van der Waals surface area contributed by atoms with Crippen molar-refractivity contribution in [2.75, 3.05) is 31.1 Å². The van der Waals surface area contributed by atoms with Crippen LogP contribution in [0.5, 0.6) is 0 Å². The highest BCUT2D eigenvalue weighted by atomic mass is 19.4. The van der Waals surface area contributed by atoms with Crippen molar-refractivity contribution in [3.05, 3.63) is 59.9 Å². The first-order chi connectivity index (χ1) is 16.6. The van der Waals surface area contributed by atoms with Gasteiger partial charge in [0.1, 0.15) is 11.8 Å². The summed E-state index contributed by atoms with van der Waals surface area (Å²) in [6, 6.07) is 12.7. The molecule has 0 radical (unpaired) electrons. The van der Waals surface area contributed by atoms with Gasteiger partial charge in [0.2, 0.25) is 0 Å². The number of aromatic nitrogens is 1. The van der Waals surface area contributed by atoms with Gasteiger partial charge < -0.3 is 14.5 Å². The standard InChI is InChI=1S/C26H31F3N4O2/c1-18-14-33(19(2)13-32(18)21-8-9-23(30-12-21)26(27,28)29)24(34)35-22-10-25(11-22)16-31(17-25)15-20-6-4-3-5-7-20/h3-9,12,18-19,22H,10-11,13-17H2,1-2H3/t18-,19-/m1/s1. The molecule has 188 valence electrons. The average Bonchev–Trinajstić information content (AvgIpc) is 2.77. The summed E-state index contributed by atoms with van der Waals surface area (Å²) in [5.74, 6) is 0. The summed E-state index contributed by atoms with van der Waals surface area (Å²) in [5, 5.41) is 0. The van der Waals surface area contributed by atoms with E-state index >= 15 is 0 Å². The topological polar surface area (TPSA) is 48.9 Å². The number of benzene rings is 1. The molecule has 1 aliphatic carbocycles. The predicted octanol–water partition coefficient (Wildman–Crippen LogP) is 4.80. The maximum absolute atomic E-state index is 12.9. The molecule has 6 nitrogen and oxygen atoms in total. The van der Waals surface area contributed by atoms with Crippen LogP contribution < -0.4 is 4.90 Å². The van der Waals surface area contributed by atoms with Crippen molar-refractivity contribution in [2.45, 2.75) is 57.6 Å². The lowest BCUT2D eigenvalue weighted by atomic mass is 9.61. The maximum atomic E-state index is 12.9. The monoisotopic (exact) mass is 488 g/mol. The lowest BCUT2D eigenvalue weighted by molar-refractivity contribution is -0.141. The number of anilines is 1. The molecule has 0 N–H and O–H groups in total. The second kappa shape index (κ2) is 9.00. The van der Waals surface area contributed by atoms with E-state index in [1.54, 1.807) is 4.90 Å². The van der Waals surface area contributed by atoms with E-state index in [9.17, 15) is 18.0 Å². The predicted molar refractivity (Wildman–Crippen MR) is 126 cm³/mol. The minimum Gasteiger partial charge on any atom is -0.446 e. The first kappa shape index (κ1) is 23.9. The smallest absolute Gasteiger partial charge is 0.433 e. The number of amides is 1. The lowest BCUT2D eigenvalue weighted by Crippen LogP contribution is -2.64. The number of ether oxygens (including phenoxy) is 1. The summed E-state index contributed by atoms with van der Waals surface area (Å²) in [4.78, 5) is 22.7. The molecular formula is C26H31F3N4O2. The Morgan fingerprint density at radius 2 is 1.77 bits per heavy atom. The van der Waals surface area contributed by atoms with Crippen LogP contribution in [0.2, 0.25) is 0 Å². The van der Waals surface area contributed by atoms with Crippen LogP contribution in [0.25, 0.3) is 0 Å². The van der Waals surface area contributed by atoms with Gasteiger partial charge in [0, 0.05) is 50.2 Å². The molecule has 5 rings (SSSR count). The average molecular weight is 489 g/mol. The van der Waals surface area contributed by atoms with Crippen LogP contribution in [0.1, 0.15) is 37.9 Å². The third-order valence-electron chi connectivity index (χ3n) is 7.55. The Hall–Kier alpha value is -2.81. The molecule has 3 heterocycles. The number of hydrogen-bond donors (Lipinski definition) is 0. The third-order valence-corrected chi connectivity index (χ3v) is 7.55. The van der Waals surface area contributed by atoms with Gasteiger partial charge in [0.15, 0.2) is 0 Å². The Morgan fingerprint density at radius 3 is 2.40 bits per heavy atom. The van der Waals surface area contributed by atoms with E-state index in [0.29, 0.717) is 18.8 Å². The molecule has 2 saturated heterocycles. The maximum Gasteiger partial charge on any atom is 0.433 e. The second-order valence-corrected chi connectivity index (χ2v) is 10.4. The van der Waals surface area contributed by atoms with Crippen LogP contribution in [-0.4, -0.2) is 65.2 Å². The number of hydrogen-bond acceptors (Lipinski definition) is 5. The number of pyridine rings is 1. The summed E-state index contributed by atoms with van der Waals surface area (Å²) in [5.41, 5.74) is 1.32. The number of likely N-dealkylation sites (tertiary alicyclic amines) is 1. The summed E-state index contributed by atoms with van der Waals surface area (Å²) < 4.78 is 44.3. The number of rotatable bonds is 4. The zero-order valence-electron chi connectivity index (χ0n) is 20.0. The number of carbonyl (C=O) groups is 1. The number of piperazine rings is 1. The van der Waals surface area contributed by atoms with Crippen molar-refractivity contribution < 1.29 is 22.7 Å². The summed E-state index contributed by atoms with van der Waals surface area (Å²) in [6.45, 7) is 7.90. The fourth-order valence-corrected chi connectivity index (χ4v) is 5.78. The van der Waals surface area contributed by atoms with Crippen LogP contribution in [0, 0.1) is 5.41 Å². The molecule has 35 heavy (non-hydrogen) atoms. The van der Waals surface area contributed by atoms with E-state index in [1.165, 1.54) is 17.8 Å². The van der Waals surface area contributed by atoms with Crippen LogP contribution in [0.15, 0.2) is 48.7 Å². The SMILES string of the molecule is C[C@@H]1CN(c2ccc(C(F)(F)F)nc2)[C@H](C)CN1C(=O)OC1CC2(C1)CN(Cc1ccccc1)C2. The molecule has 2 aromatic rings. The summed E-state index contributed by atoms with van der Waals surface area (Å²) >= 11 is 0. The van der Waals surface area contributed by atoms with Crippen molar-refractivity contribution in [3.63, 3.8) is 0 Å². The van der Waals surface area contributed by atoms with E-state index in [2.05, 4.69) is 34.1 Å². The molecule has 1 aromatic heterocycles. The van der Waals surface area contributed by atoms with Crippen LogP contribution in [0.4, 0.5) is 23.7 Å². The van der Waals surface area contributed by atoms with E-state index in [0.717, 1.165) is 38.5 Å². The third kappa shape index (κ3) is 4.96. The zero-order valence-corrected chi connectivity index (χ0v) is 20.0. The Kier molecular flexibility index (Phi) is 6.15. The molecule has 0 unspecified atom stereocenters. The Morgan fingerprint density at radius 1 is 1.06 bits per heavy atom. The van der Waals surface area contributed by atoms with Crippen LogP contribution in [-0.2, 0) is 17.5 Å². The number of nitrogens with zero attached hydrogens (tertiary/aromatic N) is 4. The highest BCUT2D eigenvalue weighted by molar-refractivity contribution is 5.69. The van der Waals surface area contributed by atoms with Crippen molar-refractivity contribution in [3.8, 4) is 0 Å². The quantitative estimate of drug-likeness (QED) is 0.619. The first-order valence-electron chi connectivity index (χ1n) is 12.2. The van der Waals surface area contributed by atoms with Crippen LogP contribution in [0.3, 0.4) is 0 Å². The number of alkyl halides is 3.